The molecule has 1 fully saturated rings. The van der Waals surface area contributed by atoms with Gasteiger partial charge >= 0.3 is 0 Å². The molecular formula is C16H15ClN4O2S. The van der Waals surface area contributed by atoms with Crippen LogP contribution in [0.2, 0.25) is 5.02 Å². The topological polar surface area (TPSA) is 77.3 Å². The molecule has 2 aromatic rings. The number of nitrogens with zero attached hydrogens (tertiary/aromatic N) is 4. The number of sulfonamides is 1. The first kappa shape index (κ1) is 16.7. The lowest BCUT2D eigenvalue weighted by molar-refractivity contribution is 0.385. The van der Waals surface area contributed by atoms with Gasteiger partial charge in [-0.2, -0.15) is 9.57 Å². The Morgan fingerprint density at radius 3 is 2.25 bits per heavy atom. The van der Waals surface area contributed by atoms with Crippen LogP contribution in [0.25, 0.3) is 0 Å². The van der Waals surface area contributed by atoms with E-state index in [2.05, 4.69) is 9.88 Å². The number of piperazine rings is 1. The smallest absolute Gasteiger partial charge is 0.243 e. The molecule has 2 heterocycles. The second kappa shape index (κ2) is 6.77. The summed E-state index contributed by atoms with van der Waals surface area (Å²) in [6, 6.07) is 11.7. The lowest BCUT2D eigenvalue weighted by Gasteiger charge is -2.35. The largest absolute Gasteiger partial charge is 0.368 e. The second-order valence-corrected chi connectivity index (χ2v) is 7.73. The zero-order valence-corrected chi connectivity index (χ0v) is 14.3. The van der Waals surface area contributed by atoms with Gasteiger partial charge in [0, 0.05) is 31.2 Å². The molecule has 1 aliphatic rings. The van der Waals surface area contributed by atoms with Crippen LogP contribution in [0.1, 0.15) is 5.69 Å². The summed E-state index contributed by atoms with van der Waals surface area (Å²) in [7, 11) is -3.51. The molecule has 0 N–H and O–H groups in total. The summed E-state index contributed by atoms with van der Waals surface area (Å²) >= 11 is 5.81. The Hall–Kier alpha value is -2.14. The minimum Gasteiger partial charge on any atom is -0.368 e. The Balaban J connectivity index is 1.70. The van der Waals surface area contributed by atoms with Crippen LogP contribution >= 0.6 is 11.6 Å². The van der Waals surface area contributed by atoms with Crippen molar-refractivity contribution >= 4 is 27.3 Å². The van der Waals surface area contributed by atoms with Gasteiger partial charge in [-0.1, -0.05) is 11.6 Å². The van der Waals surface area contributed by atoms with Gasteiger partial charge < -0.3 is 4.90 Å². The number of anilines is 1. The quantitative estimate of drug-likeness (QED) is 0.835. The van der Waals surface area contributed by atoms with E-state index in [1.807, 2.05) is 12.1 Å². The predicted molar refractivity (Wildman–Crippen MR) is 91.4 cm³/mol. The third-order valence-electron chi connectivity index (χ3n) is 3.92. The van der Waals surface area contributed by atoms with Gasteiger partial charge in [0.25, 0.3) is 0 Å². The molecule has 8 heteroatoms. The molecule has 1 aromatic heterocycles. The number of halogens is 1. The van der Waals surface area contributed by atoms with E-state index >= 15 is 0 Å². The van der Waals surface area contributed by atoms with E-state index in [-0.39, 0.29) is 4.90 Å². The van der Waals surface area contributed by atoms with Gasteiger partial charge in [0.15, 0.2) is 0 Å². The molecule has 1 saturated heterocycles. The van der Waals surface area contributed by atoms with E-state index in [1.165, 1.54) is 16.4 Å². The normalized spacial score (nSPS) is 15.9. The van der Waals surface area contributed by atoms with Crippen LogP contribution in [-0.4, -0.2) is 43.9 Å². The van der Waals surface area contributed by atoms with Crippen LogP contribution in [0, 0.1) is 11.3 Å². The monoisotopic (exact) mass is 362 g/mol. The van der Waals surface area contributed by atoms with Crippen molar-refractivity contribution in [3.8, 4) is 6.07 Å². The van der Waals surface area contributed by atoms with E-state index < -0.39 is 10.0 Å². The zero-order valence-electron chi connectivity index (χ0n) is 12.8. The first-order valence-corrected chi connectivity index (χ1v) is 9.19. The third-order valence-corrected chi connectivity index (χ3v) is 6.08. The molecule has 124 valence electrons. The molecule has 0 spiro atoms. The number of hydrogen-bond acceptors (Lipinski definition) is 5. The van der Waals surface area contributed by atoms with Gasteiger partial charge in [-0.05, 0) is 36.4 Å². The van der Waals surface area contributed by atoms with Crippen LogP contribution in [0.3, 0.4) is 0 Å². The molecular weight excluding hydrogens is 348 g/mol. The number of hydrogen-bond donors (Lipinski definition) is 0. The van der Waals surface area contributed by atoms with Crippen molar-refractivity contribution in [1.29, 1.82) is 5.26 Å². The molecule has 0 atom stereocenters. The van der Waals surface area contributed by atoms with Gasteiger partial charge in [0.1, 0.15) is 11.8 Å². The van der Waals surface area contributed by atoms with Crippen LogP contribution < -0.4 is 4.90 Å². The standard InChI is InChI=1S/C16H15ClN4O2S/c17-13-1-5-16(6-2-13)24(22,23)21-9-7-20(8-10-21)15-4-3-14(11-18)19-12-15/h1-6,12H,7-10H2. The average molecular weight is 363 g/mol. The van der Waals surface area contributed by atoms with Crippen LogP contribution in [0.15, 0.2) is 47.5 Å². The summed E-state index contributed by atoms with van der Waals surface area (Å²) in [6.45, 7) is 1.93. The van der Waals surface area contributed by atoms with Gasteiger partial charge in [0.2, 0.25) is 10.0 Å². The van der Waals surface area contributed by atoms with Crippen molar-refractivity contribution < 1.29 is 8.42 Å². The number of benzene rings is 1. The summed E-state index contributed by atoms with van der Waals surface area (Å²) in [5, 5.41) is 9.29. The molecule has 0 unspecified atom stereocenters. The van der Waals surface area contributed by atoms with Crippen LogP contribution in [0.5, 0.6) is 0 Å². The molecule has 0 amide bonds. The highest BCUT2D eigenvalue weighted by molar-refractivity contribution is 7.89. The van der Waals surface area contributed by atoms with Crippen molar-refractivity contribution in [2.45, 2.75) is 4.90 Å². The molecule has 0 saturated carbocycles. The molecule has 1 aliphatic heterocycles. The minimum absolute atomic E-state index is 0.250. The molecule has 3 rings (SSSR count). The molecule has 0 radical (unpaired) electrons. The Morgan fingerprint density at radius 1 is 1.04 bits per heavy atom. The van der Waals surface area contributed by atoms with Crippen molar-refractivity contribution in [2.75, 3.05) is 31.1 Å². The maximum atomic E-state index is 12.6. The molecule has 1 aromatic carbocycles. The maximum Gasteiger partial charge on any atom is 0.243 e. The summed E-state index contributed by atoms with van der Waals surface area (Å²) in [5.41, 5.74) is 1.25. The van der Waals surface area contributed by atoms with Gasteiger partial charge in [0.05, 0.1) is 16.8 Å². The van der Waals surface area contributed by atoms with E-state index in [0.717, 1.165) is 5.69 Å². The van der Waals surface area contributed by atoms with Gasteiger partial charge in [-0.15, -0.1) is 0 Å². The maximum absolute atomic E-state index is 12.6. The van der Waals surface area contributed by atoms with Crippen LogP contribution in [-0.2, 0) is 10.0 Å². The molecule has 0 bridgehead atoms. The fourth-order valence-corrected chi connectivity index (χ4v) is 4.13. The first-order chi connectivity index (χ1) is 11.5. The summed E-state index contributed by atoms with van der Waals surface area (Å²) < 4.78 is 26.8. The molecule has 24 heavy (non-hydrogen) atoms. The average Bonchev–Trinajstić information content (AvgIpc) is 2.62. The van der Waals surface area contributed by atoms with Crippen LogP contribution in [0.4, 0.5) is 5.69 Å². The Morgan fingerprint density at radius 2 is 1.71 bits per heavy atom. The Kier molecular flexibility index (Phi) is 4.71. The number of rotatable bonds is 3. The predicted octanol–water partition coefficient (Wildman–Crippen LogP) is 2.12. The highest BCUT2D eigenvalue weighted by atomic mass is 35.5. The third kappa shape index (κ3) is 3.36. The fourth-order valence-electron chi connectivity index (χ4n) is 2.58. The molecule has 6 nitrogen and oxygen atoms in total. The van der Waals surface area contributed by atoms with Crippen molar-refractivity contribution in [3.63, 3.8) is 0 Å². The number of aromatic nitrogens is 1. The van der Waals surface area contributed by atoms with E-state index in [9.17, 15) is 8.42 Å². The summed E-state index contributed by atoms with van der Waals surface area (Å²) in [4.78, 5) is 6.36. The second-order valence-electron chi connectivity index (χ2n) is 5.36. The van der Waals surface area contributed by atoms with Gasteiger partial charge in [-0.25, -0.2) is 13.4 Å². The van der Waals surface area contributed by atoms with Gasteiger partial charge in [-0.3, -0.25) is 0 Å². The first-order valence-electron chi connectivity index (χ1n) is 7.37. The molecule has 0 aliphatic carbocycles. The summed E-state index contributed by atoms with van der Waals surface area (Å²) in [6.07, 6.45) is 1.64. The summed E-state index contributed by atoms with van der Waals surface area (Å²) in [5.74, 6) is 0. The van der Waals surface area contributed by atoms with E-state index in [1.54, 1.807) is 24.4 Å². The van der Waals surface area contributed by atoms with E-state index in [4.69, 9.17) is 16.9 Å². The van der Waals surface area contributed by atoms with Crippen molar-refractivity contribution in [2.24, 2.45) is 0 Å². The SMILES string of the molecule is N#Cc1ccc(N2CCN(S(=O)(=O)c3ccc(Cl)cc3)CC2)cn1. The number of pyridine rings is 1. The number of nitriles is 1. The van der Waals surface area contributed by atoms with Crippen molar-refractivity contribution in [3.05, 3.63) is 53.3 Å². The Labute approximate surface area is 146 Å². The van der Waals surface area contributed by atoms with E-state index in [0.29, 0.717) is 36.9 Å². The zero-order chi connectivity index (χ0) is 17.2. The Bertz CT molecular complexity index is 852. The fraction of sp³-hybridized carbons (Fsp3) is 0.250. The van der Waals surface area contributed by atoms with Crippen molar-refractivity contribution in [1.82, 2.24) is 9.29 Å². The lowest BCUT2D eigenvalue weighted by atomic mass is 10.3. The minimum atomic E-state index is -3.51. The lowest BCUT2D eigenvalue weighted by Crippen LogP contribution is -2.48. The highest BCUT2D eigenvalue weighted by Crippen LogP contribution is 2.22. The highest BCUT2D eigenvalue weighted by Gasteiger charge is 2.28.